The Morgan fingerprint density at radius 3 is 2.69 bits per heavy atom. The standard InChI is InChI=1S/C21H24N2O3/c1-26-15-16-7-5-10-18(13-16)21(25)22-19(17-8-3-2-4-9-17)14-23-12-6-11-20(23)24/h2-5,7-10,13,19H,6,11-12,14-15H2,1H3,(H,22,25)/t19-/m0/s1. The van der Waals surface area contributed by atoms with Crippen LogP contribution < -0.4 is 5.32 Å². The topological polar surface area (TPSA) is 58.6 Å². The van der Waals surface area contributed by atoms with Crippen molar-refractivity contribution in [1.29, 1.82) is 0 Å². The summed E-state index contributed by atoms with van der Waals surface area (Å²) in [6.45, 7) is 1.71. The van der Waals surface area contributed by atoms with Crippen molar-refractivity contribution in [3.05, 3.63) is 71.3 Å². The zero-order valence-electron chi connectivity index (χ0n) is 15.0. The van der Waals surface area contributed by atoms with Gasteiger partial charge in [0.1, 0.15) is 0 Å². The zero-order chi connectivity index (χ0) is 18.4. The van der Waals surface area contributed by atoms with Gasteiger partial charge in [-0.2, -0.15) is 0 Å². The summed E-state index contributed by atoms with van der Waals surface area (Å²) in [5.74, 6) is 0.00530. The first-order valence-corrected chi connectivity index (χ1v) is 8.89. The molecule has 5 nitrogen and oxygen atoms in total. The molecule has 0 radical (unpaired) electrons. The van der Waals surface area contributed by atoms with E-state index in [1.54, 1.807) is 13.2 Å². The number of ether oxygens (including phenoxy) is 1. The van der Waals surface area contributed by atoms with Crippen molar-refractivity contribution >= 4 is 11.8 Å². The molecule has 0 saturated carbocycles. The molecule has 1 heterocycles. The van der Waals surface area contributed by atoms with Crippen LogP contribution in [0.3, 0.4) is 0 Å². The Kier molecular flexibility index (Phi) is 6.02. The molecule has 1 aliphatic rings. The lowest BCUT2D eigenvalue weighted by Crippen LogP contribution is -2.38. The van der Waals surface area contributed by atoms with Gasteiger partial charge in [-0.3, -0.25) is 9.59 Å². The molecule has 5 heteroatoms. The number of benzene rings is 2. The first kappa shape index (κ1) is 18.1. The molecule has 0 unspecified atom stereocenters. The van der Waals surface area contributed by atoms with E-state index in [0.29, 0.717) is 25.1 Å². The third-order valence-corrected chi connectivity index (χ3v) is 4.58. The number of nitrogens with zero attached hydrogens (tertiary/aromatic N) is 1. The van der Waals surface area contributed by atoms with Gasteiger partial charge in [0.25, 0.3) is 5.91 Å². The van der Waals surface area contributed by atoms with Gasteiger partial charge in [0.15, 0.2) is 0 Å². The molecule has 0 aliphatic carbocycles. The summed E-state index contributed by atoms with van der Waals surface area (Å²) >= 11 is 0. The first-order chi connectivity index (χ1) is 12.7. The SMILES string of the molecule is COCc1cccc(C(=O)N[C@@H](CN2CCCC2=O)c2ccccc2)c1. The predicted molar refractivity (Wildman–Crippen MR) is 99.6 cm³/mol. The van der Waals surface area contributed by atoms with Gasteiger partial charge in [-0.05, 0) is 29.7 Å². The Labute approximate surface area is 154 Å². The van der Waals surface area contributed by atoms with Crippen molar-refractivity contribution < 1.29 is 14.3 Å². The summed E-state index contributed by atoms with van der Waals surface area (Å²) in [4.78, 5) is 26.6. The molecule has 1 N–H and O–H groups in total. The minimum absolute atomic E-state index is 0.150. The Morgan fingerprint density at radius 1 is 1.19 bits per heavy atom. The monoisotopic (exact) mass is 352 g/mol. The number of amides is 2. The summed E-state index contributed by atoms with van der Waals surface area (Å²) in [5, 5.41) is 3.09. The third kappa shape index (κ3) is 4.49. The molecule has 2 amide bonds. The molecule has 0 bridgehead atoms. The van der Waals surface area contributed by atoms with Crippen molar-refractivity contribution in [3.8, 4) is 0 Å². The van der Waals surface area contributed by atoms with Crippen LogP contribution in [0.15, 0.2) is 54.6 Å². The van der Waals surface area contributed by atoms with Gasteiger partial charge >= 0.3 is 0 Å². The number of carbonyl (C=O) groups is 2. The number of nitrogens with one attached hydrogen (secondary N) is 1. The fourth-order valence-electron chi connectivity index (χ4n) is 3.25. The maximum Gasteiger partial charge on any atom is 0.251 e. The van der Waals surface area contributed by atoms with Gasteiger partial charge in [-0.25, -0.2) is 0 Å². The minimum atomic E-state index is -0.239. The Morgan fingerprint density at radius 2 is 2.00 bits per heavy atom. The highest BCUT2D eigenvalue weighted by atomic mass is 16.5. The van der Waals surface area contributed by atoms with E-state index in [1.165, 1.54) is 0 Å². The lowest BCUT2D eigenvalue weighted by molar-refractivity contribution is -0.128. The van der Waals surface area contributed by atoms with Crippen molar-refractivity contribution in [3.63, 3.8) is 0 Å². The van der Waals surface area contributed by atoms with Crippen LogP contribution in [0.1, 0.15) is 40.4 Å². The average molecular weight is 352 g/mol. The van der Waals surface area contributed by atoms with Crippen LogP contribution in [0.2, 0.25) is 0 Å². The number of hydrogen-bond acceptors (Lipinski definition) is 3. The highest BCUT2D eigenvalue weighted by molar-refractivity contribution is 5.94. The van der Waals surface area contributed by atoms with Crippen molar-refractivity contribution in [2.24, 2.45) is 0 Å². The van der Waals surface area contributed by atoms with Crippen LogP contribution in [0.5, 0.6) is 0 Å². The Hall–Kier alpha value is -2.66. The van der Waals surface area contributed by atoms with Crippen LogP contribution >= 0.6 is 0 Å². The molecule has 1 fully saturated rings. The van der Waals surface area contributed by atoms with E-state index in [9.17, 15) is 9.59 Å². The van der Waals surface area contributed by atoms with E-state index in [4.69, 9.17) is 4.74 Å². The van der Waals surface area contributed by atoms with Gasteiger partial charge < -0.3 is 15.0 Å². The number of hydrogen-bond donors (Lipinski definition) is 1. The second-order valence-electron chi connectivity index (χ2n) is 6.51. The largest absolute Gasteiger partial charge is 0.380 e. The fourth-order valence-corrected chi connectivity index (χ4v) is 3.25. The molecule has 1 aliphatic heterocycles. The predicted octanol–water partition coefficient (Wildman–Crippen LogP) is 2.93. The highest BCUT2D eigenvalue weighted by Gasteiger charge is 2.25. The van der Waals surface area contributed by atoms with Gasteiger partial charge in [0.05, 0.1) is 12.6 Å². The summed E-state index contributed by atoms with van der Waals surface area (Å²) in [6.07, 6.45) is 1.47. The lowest BCUT2D eigenvalue weighted by Gasteiger charge is -2.25. The van der Waals surface area contributed by atoms with E-state index in [0.717, 1.165) is 24.1 Å². The van der Waals surface area contributed by atoms with E-state index in [1.807, 2.05) is 53.4 Å². The van der Waals surface area contributed by atoms with Gasteiger partial charge in [-0.15, -0.1) is 0 Å². The maximum atomic E-state index is 12.8. The van der Waals surface area contributed by atoms with E-state index in [2.05, 4.69) is 5.32 Å². The molecule has 136 valence electrons. The molecule has 0 spiro atoms. The molecule has 26 heavy (non-hydrogen) atoms. The van der Waals surface area contributed by atoms with Crippen molar-refractivity contribution in [2.45, 2.75) is 25.5 Å². The molecule has 1 atom stereocenters. The number of carbonyl (C=O) groups excluding carboxylic acids is 2. The molecule has 2 aromatic rings. The normalized spacial score (nSPS) is 15.1. The molecular formula is C21H24N2O3. The number of likely N-dealkylation sites (tertiary alicyclic amines) is 1. The maximum absolute atomic E-state index is 12.8. The Balaban J connectivity index is 1.77. The fraction of sp³-hybridized carbons (Fsp3) is 0.333. The summed E-state index contributed by atoms with van der Waals surface area (Å²) in [5.41, 5.74) is 2.54. The van der Waals surface area contributed by atoms with Crippen LogP contribution in [-0.2, 0) is 16.1 Å². The quantitative estimate of drug-likeness (QED) is 0.833. The molecular weight excluding hydrogens is 328 g/mol. The highest BCUT2D eigenvalue weighted by Crippen LogP contribution is 2.19. The van der Waals surface area contributed by atoms with Crippen molar-refractivity contribution in [1.82, 2.24) is 10.2 Å². The first-order valence-electron chi connectivity index (χ1n) is 8.89. The van der Waals surface area contributed by atoms with Crippen LogP contribution in [0, 0.1) is 0 Å². The van der Waals surface area contributed by atoms with Crippen molar-refractivity contribution in [2.75, 3.05) is 20.2 Å². The van der Waals surface area contributed by atoms with Gasteiger partial charge in [0, 0.05) is 32.2 Å². The number of methoxy groups -OCH3 is 1. The second-order valence-corrected chi connectivity index (χ2v) is 6.51. The van der Waals surface area contributed by atoms with E-state index < -0.39 is 0 Å². The smallest absolute Gasteiger partial charge is 0.251 e. The molecule has 1 saturated heterocycles. The van der Waals surface area contributed by atoms with Gasteiger partial charge in [0.2, 0.25) is 5.91 Å². The minimum Gasteiger partial charge on any atom is -0.380 e. The Bertz CT molecular complexity index is 761. The van der Waals surface area contributed by atoms with E-state index in [-0.39, 0.29) is 17.9 Å². The lowest BCUT2D eigenvalue weighted by atomic mass is 10.0. The summed E-state index contributed by atoms with van der Waals surface area (Å²) < 4.78 is 5.14. The molecule has 2 aromatic carbocycles. The molecule has 3 rings (SSSR count). The summed E-state index contributed by atoms with van der Waals surface area (Å²) in [6, 6.07) is 17.0. The second kappa shape index (κ2) is 8.63. The average Bonchev–Trinajstić information content (AvgIpc) is 3.07. The van der Waals surface area contributed by atoms with Crippen LogP contribution in [0.4, 0.5) is 0 Å². The molecule has 0 aromatic heterocycles. The summed E-state index contributed by atoms with van der Waals surface area (Å²) in [7, 11) is 1.63. The van der Waals surface area contributed by atoms with E-state index >= 15 is 0 Å². The van der Waals surface area contributed by atoms with Crippen LogP contribution in [-0.4, -0.2) is 36.9 Å². The third-order valence-electron chi connectivity index (χ3n) is 4.58. The van der Waals surface area contributed by atoms with Crippen LogP contribution in [0.25, 0.3) is 0 Å². The number of rotatable bonds is 7. The zero-order valence-corrected chi connectivity index (χ0v) is 15.0. The van der Waals surface area contributed by atoms with Gasteiger partial charge in [-0.1, -0.05) is 42.5 Å².